The lowest BCUT2D eigenvalue weighted by atomic mass is 10.1. The first kappa shape index (κ1) is 15.2. The van der Waals surface area contributed by atoms with Gasteiger partial charge in [-0.25, -0.2) is 0 Å². The van der Waals surface area contributed by atoms with Gasteiger partial charge in [0.1, 0.15) is 0 Å². The molecule has 1 aliphatic rings. The minimum Gasteiger partial charge on any atom is -0.383 e. The fraction of sp³-hybridized carbons (Fsp3) is 0.647. The maximum Gasteiger partial charge on any atom is 0.0367 e. The maximum absolute atomic E-state index is 3.61. The van der Waals surface area contributed by atoms with Crippen LogP contribution >= 0.6 is 0 Å². The Balaban J connectivity index is 1.86. The first-order valence-corrected chi connectivity index (χ1v) is 8.07. The van der Waals surface area contributed by atoms with Crippen molar-refractivity contribution in [3.63, 3.8) is 0 Å². The highest BCUT2D eigenvalue weighted by molar-refractivity contribution is 5.55. The molecule has 1 aromatic carbocycles. The lowest BCUT2D eigenvalue weighted by molar-refractivity contribution is 0.523. The summed E-state index contributed by atoms with van der Waals surface area (Å²) in [5, 5.41) is 7.18. The Bertz CT molecular complexity index is 378. The van der Waals surface area contributed by atoms with E-state index in [4.69, 9.17) is 0 Å². The molecule has 0 radical (unpaired) electrons. The molecular weight excluding hydrogens is 246 g/mol. The van der Waals surface area contributed by atoms with Crippen LogP contribution in [0, 0.1) is 0 Å². The Morgan fingerprint density at radius 1 is 1.25 bits per heavy atom. The fourth-order valence-corrected chi connectivity index (χ4v) is 3.09. The molecule has 0 aromatic heterocycles. The summed E-state index contributed by atoms with van der Waals surface area (Å²) in [6.45, 7) is 9.99. The maximum atomic E-state index is 3.61. The molecule has 0 saturated carbocycles. The molecule has 3 nitrogen and oxygen atoms in total. The smallest absolute Gasteiger partial charge is 0.0367 e. The van der Waals surface area contributed by atoms with Gasteiger partial charge in [-0.2, -0.15) is 0 Å². The predicted molar refractivity (Wildman–Crippen MR) is 88.7 cm³/mol. The third kappa shape index (κ3) is 4.14. The highest BCUT2D eigenvalue weighted by atomic mass is 15.1. The van der Waals surface area contributed by atoms with Gasteiger partial charge in [-0.15, -0.1) is 0 Å². The van der Waals surface area contributed by atoms with Gasteiger partial charge in [-0.3, -0.25) is 0 Å². The summed E-state index contributed by atoms with van der Waals surface area (Å²) in [5.41, 5.74) is 2.54. The van der Waals surface area contributed by atoms with Gasteiger partial charge in [0.15, 0.2) is 0 Å². The number of hydrogen-bond acceptors (Lipinski definition) is 3. The second-order valence-corrected chi connectivity index (χ2v) is 5.79. The average molecular weight is 275 g/mol. The summed E-state index contributed by atoms with van der Waals surface area (Å²) in [5.74, 6) is 0. The van der Waals surface area contributed by atoms with Crippen LogP contribution in [0.15, 0.2) is 24.3 Å². The summed E-state index contributed by atoms with van der Waals surface area (Å²) < 4.78 is 0. The molecule has 1 fully saturated rings. The van der Waals surface area contributed by atoms with E-state index in [0.29, 0.717) is 12.1 Å². The molecule has 0 amide bonds. The van der Waals surface area contributed by atoms with Crippen molar-refractivity contribution in [2.75, 3.05) is 29.9 Å². The van der Waals surface area contributed by atoms with Crippen molar-refractivity contribution in [3.05, 3.63) is 24.3 Å². The molecule has 2 N–H and O–H groups in total. The molecule has 0 bridgehead atoms. The molecule has 1 heterocycles. The Morgan fingerprint density at radius 3 is 2.50 bits per heavy atom. The summed E-state index contributed by atoms with van der Waals surface area (Å²) >= 11 is 0. The Labute approximate surface area is 123 Å². The summed E-state index contributed by atoms with van der Waals surface area (Å²) in [7, 11) is 0. The standard InChI is InChI=1S/C17H29N3/c1-4-20(5-2)17-10-8-15(9-11-17)19-14(3)13-16-7-6-12-18-16/h8-11,14,16,18-19H,4-7,12-13H2,1-3H3. The van der Waals surface area contributed by atoms with Gasteiger partial charge in [-0.1, -0.05) is 0 Å². The number of nitrogens with zero attached hydrogens (tertiary/aromatic N) is 1. The molecule has 112 valence electrons. The minimum absolute atomic E-state index is 0.518. The first-order chi connectivity index (χ1) is 9.72. The minimum atomic E-state index is 0.518. The van der Waals surface area contributed by atoms with Crippen LogP contribution in [0.5, 0.6) is 0 Å². The topological polar surface area (TPSA) is 27.3 Å². The molecule has 1 aliphatic heterocycles. The first-order valence-electron chi connectivity index (χ1n) is 8.07. The SMILES string of the molecule is CCN(CC)c1ccc(NC(C)CC2CCCN2)cc1. The molecule has 1 saturated heterocycles. The predicted octanol–water partition coefficient (Wildman–Crippen LogP) is 3.48. The number of benzene rings is 1. The van der Waals surface area contributed by atoms with Crippen LogP contribution in [-0.2, 0) is 0 Å². The number of hydrogen-bond donors (Lipinski definition) is 2. The van der Waals surface area contributed by atoms with Crippen LogP contribution in [0.25, 0.3) is 0 Å². The molecule has 1 aromatic rings. The Morgan fingerprint density at radius 2 is 1.95 bits per heavy atom. The van der Waals surface area contributed by atoms with E-state index in [9.17, 15) is 0 Å². The van der Waals surface area contributed by atoms with Crippen LogP contribution < -0.4 is 15.5 Å². The molecular formula is C17H29N3. The molecule has 2 rings (SSSR count). The van der Waals surface area contributed by atoms with E-state index in [1.807, 2.05) is 0 Å². The van der Waals surface area contributed by atoms with Crippen LogP contribution in [0.1, 0.15) is 40.0 Å². The van der Waals surface area contributed by atoms with E-state index in [1.54, 1.807) is 0 Å². The van der Waals surface area contributed by atoms with Crippen molar-refractivity contribution in [2.45, 2.75) is 52.1 Å². The number of rotatable bonds is 7. The normalized spacial score (nSPS) is 19.9. The number of nitrogens with one attached hydrogen (secondary N) is 2. The van der Waals surface area contributed by atoms with Crippen LogP contribution in [0.4, 0.5) is 11.4 Å². The van der Waals surface area contributed by atoms with Gasteiger partial charge < -0.3 is 15.5 Å². The van der Waals surface area contributed by atoms with Gasteiger partial charge in [0, 0.05) is 36.5 Å². The van der Waals surface area contributed by atoms with E-state index >= 15 is 0 Å². The quantitative estimate of drug-likeness (QED) is 0.798. The van der Waals surface area contributed by atoms with Crippen molar-refractivity contribution in [1.29, 1.82) is 0 Å². The third-order valence-corrected chi connectivity index (χ3v) is 4.21. The van der Waals surface area contributed by atoms with Crippen LogP contribution in [-0.4, -0.2) is 31.7 Å². The third-order valence-electron chi connectivity index (χ3n) is 4.21. The van der Waals surface area contributed by atoms with E-state index in [0.717, 1.165) is 13.1 Å². The van der Waals surface area contributed by atoms with Gasteiger partial charge in [0.05, 0.1) is 0 Å². The van der Waals surface area contributed by atoms with Gasteiger partial charge in [0.25, 0.3) is 0 Å². The molecule has 2 atom stereocenters. The Kier molecular flexibility index (Phi) is 5.72. The average Bonchev–Trinajstić information content (AvgIpc) is 2.94. The van der Waals surface area contributed by atoms with E-state index in [2.05, 4.69) is 60.6 Å². The summed E-state index contributed by atoms with van der Waals surface area (Å²) in [6.07, 6.45) is 3.86. The molecule has 20 heavy (non-hydrogen) atoms. The van der Waals surface area contributed by atoms with E-state index < -0.39 is 0 Å². The monoisotopic (exact) mass is 275 g/mol. The summed E-state index contributed by atoms with van der Waals surface area (Å²) in [6, 6.07) is 10.1. The highest BCUT2D eigenvalue weighted by Crippen LogP contribution is 2.19. The van der Waals surface area contributed by atoms with Crippen LogP contribution in [0.3, 0.4) is 0 Å². The molecule has 2 unspecified atom stereocenters. The lowest BCUT2D eigenvalue weighted by Crippen LogP contribution is -2.29. The molecule has 0 aliphatic carbocycles. The van der Waals surface area contributed by atoms with E-state index in [1.165, 1.54) is 37.2 Å². The van der Waals surface area contributed by atoms with Crippen molar-refractivity contribution >= 4 is 11.4 Å². The largest absolute Gasteiger partial charge is 0.383 e. The zero-order valence-corrected chi connectivity index (χ0v) is 13.2. The highest BCUT2D eigenvalue weighted by Gasteiger charge is 2.16. The van der Waals surface area contributed by atoms with Crippen LogP contribution in [0.2, 0.25) is 0 Å². The second kappa shape index (κ2) is 7.53. The van der Waals surface area contributed by atoms with Crippen molar-refractivity contribution in [1.82, 2.24) is 5.32 Å². The number of anilines is 2. The van der Waals surface area contributed by atoms with Crippen molar-refractivity contribution < 1.29 is 0 Å². The van der Waals surface area contributed by atoms with E-state index in [-0.39, 0.29) is 0 Å². The molecule has 0 spiro atoms. The van der Waals surface area contributed by atoms with Crippen molar-refractivity contribution in [3.8, 4) is 0 Å². The molecule has 3 heteroatoms. The zero-order valence-electron chi connectivity index (χ0n) is 13.2. The zero-order chi connectivity index (χ0) is 14.4. The summed E-state index contributed by atoms with van der Waals surface area (Å²) in [4.78, 5) is 2.37. The van der Waals surface area contributed by atoms with Gasteiger partial charge >= 0.3 is 0 Å². The second-order valence-electron chi connectivity index (χ2n) is 5.79. The Hall–Kier alpha value is -1.22. The van der Waals surface area contributed by atoms with Crippen molar-refractivity contribution in [2.24, 2.45) is 0 Å². The fourth-order valence-electron chi connectivity index (χ4n) is 3.09. The van der Waals surface area contributed by atoms with Gasteiger partial charge in [0.2, 0.25) is 0 Å². The van der Waals surface area contributed by atoms with Gasteiger partial charge in [-0.05, 0) is 70.8 Å². The lowest BCUT2D eigenvalue weighted by Gasteiger charge is -2.22.